The van der Waals surface area contributed by atoms with Gasteiger partial charge in [-0.1, -0.05) is 0 Å². The van der Waals surface area contributed by atoms with Crippen LogP contribution < -0.4 is 5.73 Å². The van der Waals surface area contributed by atoms with E-state index in [0.29, 0.717) is 0 Å². The number of nitrogens with two attached hydrogens (primary N) is 1. The molecule has 3 nitrogen and oxygen atoms in total. The standard InChI is InChI=1S/C9H6F13N3/c10-4(11,5(12,13)6(14,15)7(16,17)18)3-24-8(19,20)9(21,22)25(3)2-1-23/h1-2,23H2. The highest BCUT2D eigenvalue weighted by atomic mass is 19.4. The Kier molecular flexibility index (Phi) is 4.75. The van der Waals surface area contributed by atoms with E-state index < -0.39 is 59.9 Å². The van der Waals surface area contributed by atoms with Gasteiger partial charge in [0, 0.05) is 13.1 Å². The van der Waals surface area contributed by atoms with Gasteiger partial charge in [0.05, 0.1) is 0 Å². The SMILES string of the molecule is NCCN1C(C(F)(F)C(F)(F)C(F)(F)C(F)(F)F)=NC(F)(F)C1(F)F. The minimum atomic E-state index is -7.45. The van der Waals surface area contributed by atoms with E-state index in [1.165, 1.54) is 4.99 Å². The van der Waals surface area contributed by atoms with Gasteiger partial charge in [-0.2, -0.15) is 62.1 Å². The smallest absolute Gasteiger partial charge is 0.329 e. The van der Waals surface area contributed by atoms with Crippen LogP contribution in [0.2, 0.25) is 0 Å². The molecule has 1 aliphatic rings. The lowest BCUT2D eigenvalue weighted by Crippen LogP contribution is -2.66. The van der Waals surface area contributed by atoms with Crippen molar-refractivity contribution in [3.63, 3.8) is 0 Å². The van der Waals surface area contributed by atoms with Gasteiger partial charge in [-0.15, -0.1) is 0 Å². The zero-order chi connectivity index (χ0) is 20.3. The number of alkyl halides is 13. The van der Waals surface area contributed by atoms with Crippen LogP contribution in [0, 0.1) is 0 Å². The van der Waals surface area contributed by atoms with Gasteiger partial charge in [0.1, 0.15) is 0 Å². The molecule has 0 aromatic heterocycles. The van der Waals surface area contributed by atoms with E-state index >= 15 is 0 Å². The number of rotatable bonds is 5. The third-order valence-corrected chi connectivity index (χ3v) is 2.98. The van der Waals surface area contributed by atoms with Gasteiger partial charge in [-0.3, -0.25) is 4.90 Å². The summed E-state index contributed by atoms with van der Waals surface area (Å²) in [5.74, 6) is -25.1. The maximum absolute atomic E-state index is 13.6. The third kappa shape index (κ3) is 2.77. The summed E-state index contributed by atoms with van der Waals surface area (Å²) in [6, 6.07) is -11.5. The molecule has 0 aliphatic carbocycles. The van der Waals surface area contributed by atoms with Gasteiger partial charge in [0.25, 0.3) is 0 Å². The molecule has 148 valence electrons. The molecule has 25 heavy (non-hydrogen) atoms. The highest BCUT2D eigenvalue weighted by Crippen LogP contribution is 2.56. The van der Waals surface area contributed by atoms with Crippen molar-refractivity contribution < 1.29 is 57.1 Å². The van der Waals surface area contributed by atoms with Gasteiger partial charge >= 0.3 is 36.0 Å². The number of nitrogens with zero attached hydrogens (tertiary/aromatic N) is 2. The summed E-state index contributed by atoms with van der Waals surface area (Å²) < 4.78 is 167. The number of halogens is 13. The second kappa shape index (κ2) is 5.51. The van der Waals surface area contributed by atoms with Crippen molar-refractivity contribution in [1.29, 1.82) is 0 Å². The number of amidine groups is 1. The Morgan fingerprint density at radius 1 is 0.840 bits per heavy atom. The zero-order valence-corrected chi connectivity index (χ0v) is 11.3. The Bertz CT molecular complexity index is 549. The average molecular weight is 403 g/mol. The molecule has 0 aromatic carbocycles. The maximum Gasteiger partial charge on any atom is 0.460 e. The fraction of sp³-hybridized carbons (Fsp3) is 0.889. The topological polar surface area (TPSA) is 41.6 Å². The first kappa shape index (κ1) is 21.6. The molecule has 0 radical (unpaired) electrons. The van der Waals surface area contributed by atoms with Crippen LogP contribution in [0.3, 0.4) is 0 Å². The number of aliphatic imine (C=N–C) groups is 1. The fourth-order valence-corrected chi connectivity index (χ4v) is 1.69. The van der Waals surface area contributed by atoms with Crippen LogP contribution in [0.5, 0.6) is 0 Å². The molecule has 0 atom stereocenters. The van der Waals surface area contributed by atoms with Gasteiger partial charge in [0.15, 0.2) is 5.84 Å². The summed E-state index contributed by atoms with van der Waals surface area (Å²) in [5.41, 5.74) is 4.65. The minimum Gasteiger partial charge on any atom is -0.329 e. The van der Waals surface area contributed by atoms with Crippen molar-refractivity contribution in [3.8, 4) is 0 Å². The molecular weight excluding hydrogens is 397 g/mol. The normalized spacial score (nSPS) is 21.5. The average Bonchev–Trinajstić information content (AvgIpc) is 2.57. The Labute approximate surface area is 129 Å². The molecule has 0 saturated heterocycles. The van der Waals surface area contributed by atoms with Crippen molar-refractivity contribution in [2.45, 2.75) is 36.0 Å². The van der Waals surface area contributed by atoms with Crippen LogP contribution in [0.4, 0.5) is 57.1 Å². The zero-order valence-electron chi connectivity index (χ0n) is 11.3. The van der Waals surface area contributed by atoms with Crippen LogP contribution in [0.15, 0.2) is 4.99 Å². The van der Waals surface area contributed by atoms with Crippen molar-refractivity contribution >= 4 is 5.84 Å². The molecule has 16 heteroatoms. The Hall–Kier alpha value is -1.48. The molecule has 0 spiro atoms. The predicted molar refractivity (Wildman–Crippen MR) is 54.0 cm³/mol. The third-order valence-electron chi connectivity index (χ3n) is 2.98. The van der Waals surface area contributed by atoms with Gasteiger partial charge in [-0.05, 0) is 0 Å². The van der Waals surface area contributed by atoms with Crippen molar-refractivity contribution in [3.05, 3.63) is 0 Å². The number of hydrogen-bond donors (Lipinski definition) is 1. The van der Waals surface area contributed by atoms with Gasteiger partial charge in [-0.25, -0.2) is 0 Å². The van der Waals surface area contributed by atoms with E-state index in [-0.39, 0.29) is 0 Å². The highest BCUT2D eigenvalue weighted by molar-refractivity contribution is 5.92. The van der Waals surface area contributed by atoms with E-state index in [0.717, 1.165) is 0 Å². The second-order valence-corrected chi connectivity index (χ2v) is 4.68. The van der Waals surface area contributed by atoms with Crippen molar-refractivity contribution in [1.82, 2.24) is 4.90 Å². The molecule has 1 rings (SSSR count). The van der Waals surface area contributed by atoms with Gasteiger partial charge < -0.3 is 5.73 Å². The van der Waals surface area contributed by atoms with Crippen LogP contribution in [0.25, 0.3) is 0 Å². The molecule has 0 bridgehead atoms. The first-order valence-electron chi connectivity index (χ1n) is 5.83. The van der Waals surface area contributed by atoms with E-state index in [9.17, 15) is 57.1 Å². The number of hydrogen-bond acceptors (Lipinski definition) is 3. The molecule has 0 unspecified atom stereocenters. The van der Waals surface area contributed by atoms with Crippen LogP contribution in [-0.2, 0) is 0 Å². The highest BCUT2D eigenvalue weighted by Gasteiger charge is 2.85. The van der Waals surface area contributed by atoms with Crippen LogP contribution >= 0.6 is 0 Å². The lowest BCUT2D eigenvalue weighted by molar-refractivity contribution is -0.386. The molecule has 0 amide bonds. The summed E-state index contributed by atoms with van der Waals surface area (Å²) >= 11 is 0. The van der Waals surface area contributed by atoms with E-state index in [4.69, 9.17) is 0 Å². The summed E-state index contributed by atoms with van der Waals surface area (Å²) in [4.78, 5) is -0.255. The minimum absolute atomic E-state index is 1.15. The molecule has 0 aromatic rings. The lowest BCUT2D eigenvalue weighted by Gasteiger charge is -2.36. The molecular formula is C9H6F13N3. The monoisotopic (exact) mass is 403 g/mol. The first-order chi connectivity index (χ1) is 10.8. The Morgan fingerprint density at radius 3 is 1.64 bits per heavy atom. The van der Waals surface area contributed by atoms with E-state index in [2.05, 4.69) is 5.73 Å². The van der Waals surface area contributed by atoms with E-state index in [1.54, 1.807) is 0 Å². The van der Waals surface area contributed by atoms with Crippen LogP contribution in [0.1, 0.15) is 0 Å². The lowest BCUT2D eigenvalue weighted by atomic mass is 10.0. The summed E-state index contributed by atoms with van der Waals surface area (Å²) in [6.45, 7) is -2.87. The molecule has 1 aliphatic heterocycles. The Morgan fingerprint density at radius 2 is 1.28 bits per heavy atom. The fourth-order valence-electron chi connectivity index (χ4n) is 1.69. The van der Waals surface area contributed by atoms with Gasteiger partial charge in [0.2, 0.25) is 0 Å². The first-order valence-corrected chi connectivity index (χ1v) is 5.83. The predicted octanol–water partition coefficient (Wildman–Crippen LogP) is 3.31. The quantitative estimate of drug-likeness (QED) is 0.566. The van der Waals surface area contributed by atoms with Crippen molar-refractivity contribution in [2.75, 3.05) is 13.1 Å². The molecule has 0 fully saturated rings. The largest absolute Gasteiger partial charge is 0.460 e. The summed E-state index contributed by atoms with van der Waals surface area (Å²) in [5, 5.41) is 0. The maximum atomic E-state index is 13.6. The Balaban J connectivity index is 3.55. The molecule has 0 saturated carbocycles. The second-order valence-electron chi connectivity index (χ2n) is 4.68. The molecule has 1 heterocycles. The van der Waals surface area contributed by atoms with Crippen LogP contribution in [-0.4, -0.2) is 59.9 Å². The van der Waals surface area contributed by atoms with E-state index in [1.807, 2.05) is 0 Å². The summed E-state index contributed by atoms with van der Waals surface area (Å²) in [7, 11) is 0. The summed E-state index contributed by atoms with van der Waals surface area (Å²) in [6.07, 6.45) is -7.25. The van der Waals surface area contributed by atoms with Crippen molar-refractivity contribution in [2.24, 2.45) is 10.7 Å². The molecule has 2 N–H and O–H groups in total.